The maximum absolute atomic E-state index is 12.5. The molecule has 0 radical (unpaired) electrons. The number of nitrogens with zero attached hydrogens (tertiary/aromatic N) is 4. The highest BCUT2D eigenvalue weighted by atomic mass is 19.4. The molecule has 0 atom stereocenters. The molecule has 0 spiro atoms. The molecule has 1 aromatic heterocycles. The van der Waals surface area contributed by atoms with Crippen molar-refractivity contribution in [1.82, 2.24) is 9.97 Å². The summed E-state index contributed by atoms with van der Waals surface area (Å²) in [5.74, 6) is -0.416. The molecule has 0 amide bonds. The lowest BCUT2D eigenvalue weighted by molar-refractivity contribution is -0.383. The molecule has 10 heteroatoms. The Morgan fingerprint density at radius 3 is 2.52 bits per heavy atom. The van der Waals surface area contributed by atoms with E-state index in [1.807, 2.05) is 6.92 Å². The van der Waals surface area contributed by atoms with Crippen molar-refractivity contribution < 1.29 is 18.1 Å². The lowest BCUT2D eigenvalue weighted by Crippen LogP contribution is -2.35. The van der Waals surface area contributed by atoms with Gasteiger partial charge in [-0.3, -0.25) is 10.1 Å². The number of nitrogens with one attached hydrogen (secondary N) is 1. The van der Waals surface area contributed by atoms with Crippen LogP contribution in [0.1, 0.15) is 20.3 Å². The quantitative estimate of drug-likeness (QED) is 0.615. The van der Waals surface area contributed by atoms with Crippen molar-refractivity contribution >= 4 is 17.3 Å². The molecule has 0 saturated carbocycles. The molecule has 0 bridgehead atoms. The summed E-state index contributed by atoms with van der Waals surface area (Å²) >= 11 is 0. The van der Waals surface area contributed by atoms with Gasteiger partial charge in [-0.15, -0.1) is 0 Å². The van der Waals surface area contributed by atoms with Gasteiger partial charge in [0.15, 0.2) is 0 Å². The van der Waals surface area contributed by atoms with Crippen LogP contribution < -0.4 is 10.2 Å². The van der Waals surface area contributed by atoms with E-state index in [0.717, 1.165) is 11.2 Å². The molecule has 0 saturated heterocycles. The predicted molar refractivity (Wildman–Crippen MR) is 71.4 cm³/mol. The van der Waals surface area contributed by atoms with Crippen LogP contribution in [0.4, 0.5) is 30.5 Å². The smallest absolute Gasteiger partial charge is 0.364 e. The van der Waals surface area contributed by atoms with Gasteiger partial charge in [-0.1, -0.05) is 6.92 Å². The molecule has 0 aliphatic heterocycles. The molecule has 0 unspecified atom stereocenters. The number of hydrogen-bond acceptors (Lipinski definition) is 6. The number of anilines is 2. The van der Waals surface area contributed by atoms with Crippen LogP contribution in [0.15, 0.2) is 6.33 Å². The first-order valence-corrected chi connectivity index (χ1v) is 6.35. The molecule has 0 aromatic carbocycles. The largest absolute Gasteiger partial charge is 0.405 e. The van der Waals surface area contributed by atoms with Crippen LogP contribution in [0.25, 0.3) is 0 Å². The fourth-order valence-corrected chi connectivity index (χ4v) is 1.69. The third-order valence-corrected chi connectivity index (χ3v) is 2.58. The Morgan fingerprint density at radius 1 is 1.38 bits per heavy atom. The first-order valence-electron chi connectivity index (χ1n) is 6.35. The summed E-state index contributed by atoms with van der Waals surface area (Å²) in [7, 11) is 0. The molecular weight excluding hydrogens is 291 g/mol. The first-order chi connectivity index (χ1) is 9.80. The molecule has 7 nitrogen and oxygen atoms in total. The number of halogens is 3. The van der Waals surface area contributed by atoms with Crippen molar-refractivity contribution in [2.24, 2.45) is 0 Å². The minimum atomic E-state index is -4.48. The van der Waals surface area contributed by atoms with E-state index in [9.17, 15) is 23.3 Å². The lowest BCUT2D eigenvalue weighted by atomic mass is 10.3. The van der Waals surface area contributed by atoms with Crippen LogP contribution in [-0.2, 0) is 0 Å². The van der Waals surface area contributed by atoms with Gasteiger partial charge in [0.25, 0.3) is 0 Å². The highest BCUT2D eigenvalue weighted by Crippen LogP contribution is 2.33. The van der Waals surface area contributed by atoms with Crippen molar-refractivity contribution in [3.63, 3.8) is 0 Å². The number of rotatable bonds is 7. The van der Waals surface area contributed by atoms with Crippen LogP contribution >= 0.6 is 0 Å². The van der Waals surface area contributed by atoms with E-state index in [4.69, 9.17) is 0 Å². The normalized spacial score (nSPS) is 11.3. The van der Waals surface area contributed by atoms with Gasteiger partial charge in [0, 0.05) is 13.1 Å². The summed E-state index contributed by atoms with van der Waals surface area (Å²) in [6.07, 6.45) is -2.78. The third kappa shape index (κ3) is 4.72. The zero-order valence-electron chi connectivity index (χ0n) is 11.6. The van der Waals surface area contributed by atoms with Crippen molar-refractivity contribution in [3.05, 3.63) is 16.4 Å². The second-order valence-electron chi connectivity index (χ2n) is 4.21. The molecule has 1 rings (SSSR count). The van der Waals surface area contributed by atoms with E-state index in [1.54, 1.807) is 0 Å². The van der Waals surface area contributed by atoms with E-state index in [0.29, 0.717) is 13.0 Å². The first kappa shape index (κ1) is 16.9. The number of hydrogen-bond donors (Lipinski definition) is 1. The third-order valence-electron chi connectivity index (χ3n) is 2.58. The molecule has 118 valence electrons. The van der Waals surface area contributed by atoms with Crippen molar-refractivity contribution in [2.75, 3.05) is 29.9 Å². The van der Waals surface area contributed by atoms with Crippen LogP contribution in [0, 0.1) is 10.1 Å². The highest BCUT2D eigenvalue weighted by Gasteiger charge is 2.34. The molecule has 21 heavy (non-hydrogen) atoms. The van der Waals surface area contributed by atoms with Gasteiger partial charge in [-0.05, 0) is 13.3 Å². The maximum Gasteiger partial charge on any atom is 0.405 e. The van der Waals surface area contributed by atoms with E-state index in [-0.39, 0.29) is 18.2 Å². The highest BCUT2D eigenvalue weighted by molar-refractivity contribution is 5.70. The van der Waals surface area contributed by atoms with Gasteiger partial charge < -0.3 is 10.2 Å². The monoisotopic (exact) mass is 307 g/mol. The topological polar surface area (TPSA) is 84.2 Å². The molecule has 0 aliphatic rings. The predicted octanol–water partition coefficient (Wildman–Crippen LogP) is 2.60. The van der Waals surface area contributed by atoms with Crippen LogP contribution in [0.3, 0.4) is 0 Å². The van der Waals surface area contributed by atoms with Gasteiger partial charge in [0.1, 0.15) is 12.9 Å². The summed E-state index contributed by atoms with van der Waals surface area (Å²) in [5.41, 5.74) is -0.544. The number of aromatic nitrogens is 2. The molecular formula is C11H16F3N5O2. The van der Waals surface area contributed by atoms with Crippen molar-refractivity contribution in [1.29, 1.82) is 0 Å². The van der Waals surface area contributed by atoms with Gasteiger partial charge in [-0.2, -0.15) is 13.2 Å². The van der Waals surface area contributed by atoms with Gasteiger partial charge in [0.2, 0.25) is 11.6 Å². The molecule has 1 N–H and O–H groups in total. The van der Waals surface area contributed by atoms with Gasteiger partial charge in [-0.25, -0.2) is 9.97 Å². The molecule has 1 aromatic rings. The fraction of sp³-hybridized carbons (Fsp3) is 0.636. The summed E-state index contributed by atoms with van der Waals surface area (Å²) < 4.78 is 37.6. The van der Waals surface area contributed by atoms with Crippen molar-refractivity contribution in [3.8, 4) is 0 Å². The summed E-state index contributed by atoms with van der Waals surface area (Å²) in [6, 6.07) is 0. The van der Waals surface area contributed by atoms with Crippen LogP contribution in [0.2, 0.25) is 0 Å². The van der Waals surface area contributed by atoms with Crippen LogP contribution in [0.5, 0.6) is 0 Å². The Morgan fingerprint density at radius 2 is 2.05 bits per heavy atom. The Balaban J connectivity index is 3.23. The lowest BCUT2D eigenvalue weighted by Gasteiger charge is -2.23. The minimum absolute atomic E-state index is 0.0649. The Labute approximate surface area is 119 Å². The molecule has 0 fully saturated rings. The maximum atomic E-state index is 12.5. The fourth-order valence-electron chi connectivity index (χ4n) is 1.69. The van der Waals surface area contributed by atoms with E-state index in [2.05, 4.69) is 15.3 Å². The Kier molecular flexibility index (Phi) is 5.68. The average molecular weight is 307 g/mol. The number of alkyl halides is 3. The van der Waals surface area contributed by atoms with E-state index < -0.39 is 23.3 Å². The van der Waals surface area contributed by atoms with E-state index >= 15 is 0 Å². The van der Waals surface area contributed by atoms with E-state index in [1.165, 1.54) is 6.92 Å². The average Bonchev–Trinajstić information content (AvgIpc) is 2.40. The Hall–Kier alpha value is -2.13. The number of nitro groups is 1. The summed E-state index contributed by atoms with van der Waals surface area (Å²) in [5, 5.41) is 13.9. The standard InChI is InChI=1S/C11H16F3N5O2/c1-3-5-15-9-8(19(20)21)10(17-7-16-9)18(4-2)6-11(12,13)14/h7H,3-6H2,1-2H3,(H,15,16,17). The second-order valence-corrected chi connectivity index (χ2v) is 4.21. The summed E-state index contributed by atoms with van der Waals surface area (Å²) in [6.45, 7) is 2.36. The van der Waals surface area contributed by atoms with Gasteiger partial charge >= 0.3 is 11.9 Å². The molecule has 0 aliphatic carbocycles. The van der Waals surface area contributed by atoms with Crippen LogP contribution in [-0.4, -0.2) is 40.7 Å². The zero-order valence-corrected chi connectivity index (χ0v) is 11.6. The minimum Gasteiger partial charge on any atom is -0.364 e. The Bertz CT molecular complexity index is 495. The van der Waals surface area contributed by atoms with Gasteiger partial charge in [0.05, 0.1) is 4.92 Å². The molecule has 1 heterocycles. The summed E-state index contributed by atoms with van der Waals surface area (Å²) in [4.78, 5) is 18.6. The van der Waals surface area contributed by atoms with Crippen molar-refractivity contribution in [2.45, 2.75) is 26.4 Å². The second kappa shape index (κ2) is 7.04. The zero-order chi connectivity index (χ0) is 16.0. The SMILES string of the molecule is CCCNc1ncnc(N(CC)CC(F)(F)F)c1[N+](=O)[O-].